The topological polar surface area (TPSA) is 49.9 Å². The van der Waals surface area contributed by atoms with Gasteiger partial charge in [0.2, 0.25) is 11.8 Å². The number of rotatable bonds is 3. The molecule has 5 nitrogen and oxygen atoms in total. The molecule has 0 spiro atoms. The van der Waals surface area contributed by atoms with Gasteiger partial charge in [-0.2, -0.15) is 0 Å². The van der Waals surface area contributed by atoms with Crippen LogP contribution in [-0.4, -0.2) is 43.0 Å². The smallest absolute Gasteiger partial charge is 0.227 e. The van der Waals surface area contributed by atoms with Crippen molar-refractivity contribution in [2.24, 2.45) is 11.8 Å². The van der Waals surface area contributed by atoms with Gasteiger partial charge in [0.05, 0.1) is 12.2 Å². The number of amides is 2. The predicted octanol–water partition coefficient (Wildman–Crippen LogP) is 3.01. The van der Waals surface area contributed by atoms with Crippen molar-refractivity contribution in [3.05, 3.63) is 23.8 Å². The fraction of sp³-hybridized carbons (Fsp3) is 0.600. The summed E-state index contributed by atoms with van der Waals surface area (Å²) in [5.41, 5.74) is 1.92. The number of carbonyl (C=O) groups is 2. The summed E-state index contributed by atoms with van der Waals surface area (Å²) in [6, 6.07) is 5.86. The van der Waals surface area contributed by atoms with E-state index in [-0.39, 0.29) is 24.7 Å². The second-order valence-electron chi connectivity index (χ2n) is 7.61. The van der Waals surface area contributed by atoms with Crippen molar-refractivity contribution in [1.29, 1.82) is 0 Å². The summed E-state index contributed by atoms with van der Waals surface area (Å²) >= 11 is 0. The fourth-order valence-corrected chi connectivity index (χ4v) is 3.96. The van der Waals surface area contributed by atoms with Crippen molar-refractivity contribution in [2.75, 3.05) is 31.1 Å². The third kappa shape index (κ3) is 4.14. The molecule has 2 atom stereocenters. The Hall–Kier alpha value is -2.04. The molecular weight excluding hydrogens is 316 g/mol. The first-order valence-electron chi connectivity index (χ1n) is 9.25. The third-order valence-corrected chi connectivity index (χ3v) is 5.05. The van der Waals surface area contributed by atoms with Crippen LogP contribution in [0.2, 0.25) is 0 Å². The lowest BCUT2D eigenvalue weighted by Gasteiger charge is -2.35. The zero-order chi connectivity index (χ0) is 18.0. The molecule has 2 heterocycles. The molecule has 136 valence electrons. The van der Waals surface area contributed by atoms with Gasteiger partial charge in [0, 0.05) is 25.9 Å². The average Bonchev–Trinajstić information content (AvgIpc) is 2.57. The molecule has 3 rings (SSSR count). The number of ether oxygens (including phenoxy) is 1. The van der Waals surface area contributed by atoms with Crippen LogP contribution in [0.5, 0.6) is 5.75 Å². The lowest BCUT2D eigenvalue weighted by atomic mass is 9.91. The number of nitrogens with zero attached hydrogens (tertiary/aromatic N) is 2. The molecule has 0 bridgehead atoms. The van der Waals surface area contributed by atoms with E-state index in [1.54, 1.807) is 4.90 Å². The van der Waals surface area contributed by atoms with E-state index in [0.717, 1.165) is 30.1 Å². The molecule has 1 aromatic carbocycles. The van der Waals surface area contributed by atoms with Gasteiger partial charge in [0.1, 0.15) is 12.4 Å². The Morgan fingerprint density at radius 3 is 2.52 bits per heavy atom. The lowest BCUT2D eigenvalue weighted by molar-refractivity contribution is -0.135. The minimum Gasteiger partial charge on any atom is -0.490 e. The Labute approximate surface area is 149 Å². The largest absolute Gasteiger partial charge is 0.490 e. The van der Waals surface area contributed by atoms with Gasteiger partial charge in [0.25, 0.3) is 0 Å². The van der Waals surface area contributed by atoms with Crippen LogP contribution in [0.4, 0.5) is 5.69 Å². The second kappa shape index (κ2) is 7.46. The van der Waals surface area contributed by atoms with Crippen molar-refractivity contribution >= 4 is 17.5 Å². The van der Waals surface area contributed by atoms with Crippen LogP contribution in [0, 0.1) is 18.8 Å². The van der Waals surface area contributed by atoms with Gasteiger partial charge in [-0.1, -0.05) is 19.9 Å². The Kier molecular flexibility index (Phi) is 5.30. The molecule has 0 aromatic heterocycles. The van der Waals surface area contributed by atoms with Crippen molar-refractivity contribution in [2.45, 2.75) is 40.0 Å². The normalized spacial score (nSPS) is 23.0. The standard InChI is InChI=1S/C20H28N2O3/c1-14-4-5-18-17(11-14)22(8-9-25-18)20(24)7-6-19(23)21-12-15(2)10-16(3)13-21/h4-5,11,15-16H,6-10,12-13H2,1-3H3/t15-,16-/m0/s1. The number of hydrogen-bond donors (Lipinski definition) is 0. The molecule has 2 aliphatic rings. The molecule has 0 N–H and O–H groups in total. The average molecular weight is 344 g/mol. The first kappa shape index (κ1) is 17.8. The number of piperidine rings is 1. The summed E-state index contributed by atoms with van der Waals surface area (Å²) < 4.78 is 5.63. The molecular formula is C20H28N2O3. The number of aryl methyl sites for hydroxylation is 1. The van der Waals surface area contributed by atoms with Crippen LogP contribution >= 0.6 is 0 Å². The molecule has 1 aromatic rings. The minimum atomic E-state index is 0.00149. The summed E-state index contributed by atoms with van der Waals surface area (Å²) in [5, 5.41) is 0. The van der Waals surface area contributed by atoms with Crippen molar-refractivity contribution in [1.82, 2.24) is 4.90 Å². The van der Waals surface area contributed by atoms with Crippen molar-refractivity contribution < 1.29 is 14.3 Å². The molecule has 0 aliphatic carbocycles. The van der Waals surface area contributed by atoms with E-state index in [0.29, 0.717) is 25.0 Å². The Balaban J connectivity index is 1.60. The molecule has 5 heteroatoms. The van der Waals surface area contributed by atoms with Crippen molar-refractivity contribution in [3.63, 3.8) is 0 Å². The SMILES string of the molecule is Cc1ccc2c(c1)N(C(=O)CCC(=O)N1C[C@@H](C)C[C@H](C)C1)CCO2. The summed E-state index contributed by atoms with van der Waals surface area (Å²) in [6.45, 7) is 9.05. The van der Waals surface area contributed by atoms with Gasteiger partial charge in [0.15, 0.2) is 0 Å². The molecule has 0 radical (unpaired) electrons. The molecule has 0 saturated carbocycles. The van der Waals surface area contributed by atoms with Crippen LogP contribution in [0.15, 0.2) is 18.2 Å². The van der Waals surface area contributed by atoms with Gasteiger partial charge in [-0.15, -0.1) is 0 Å². The monoisotopic (exact) mass is 344 g/mol. The first-order chi connectivity index (χ1) is 11.9. The molecule has 1 saturated heterocycles. The third-order valence-electron chi connectivity index (χ3n) is 5.05. The minimum absolute atomic E-state index is 0.00149. The molecule has 2 aliphatic heterocycles. The second-order valence-corrected chi connectivity index (χ2v) is 7.61. The summed E-state index contributed by atoms with van der Waals surface area (Å²) in [6.07, 6.45) is 1.72. The maximum atomic E-state index is 12.7. The molecule has 0 unspecified atom stereocenters. The van der Waals surface area contributed by atoms with Crippen LogP contribution in [0.3, 0.4) is 0 Å². The van der Waals surface area contributed by atoms with E-state index in [1.807, 2.05) is 30.0 Å². The first-order valence-corrected chi connectivity index (χ1v) is 9.25. The van der Waals surface area contributed by atoms with Crippen LogP contribution in [-0.2, 0) is 9.59 Å². The van der Waals surface area contributed by atoms with Gasteiger partial charge in [-0.05, 0) is 42.9 Å². The zero-order valence-corrected chi connectivity index (χ0v) is 15.5. The van der Waals surface area contributed by atoms with E-state index < -0.39 is 0 Å². The number of benzene rings is 1. The van der Waals surface area contributed by atoms with Gasteiger partial charge >= 0.3 is 0 Å². The van der Waals surface area contributed by atoms with E-state index in [4.69, 9.17) is 4.74 Å². The summed E-state index contributed by atoms with van der Waals surface area (Å²) in [7, 11) is 0. The molecule has 25 heavy (non-hydrogen) atoms. The highest BCUT2D eigenvalue weighted by Gasteiger charge is 2.27. The predicted molar refractivity (Wildman–Crippen MR) is 97.8 cm³/mol. The number of anilines is 1. The van der Waals surface area contributed by atoms with E-state index >= 15 is 0 Å². The Morgan fingerprint density at radius 2 is 1.80 bits per heavy atom. The molecule has 1 fully saturated rings. The zero-order valence-electron chi connectivity index (χ0n) is 15.5. The van der Waals surface area contributed by atoms with Gasteiger partial charge < -0.3 is 14.5 Å². The van der Waals surface area contributed by atoms with Gasteiger partial charge in [-0.3, -0.25) is 9.59 Å². The highest BCUT2D eigenvalue weighted by Crippen LogP contribution is 2.33. The maximum Gasteiger partial charge on any atom is 0.227 e. The van der Waals surface area contributed by atoms with Crippen LogP contribution in [0.25, 0.3) is 0 Å². The van der Waals surface area contributed by atoms with Crippen LogP contribution in [0.1, 0.15) is 38.7 Å². The highest BCUT2D eigenvalue weighted by molar-refractivity contribution is 5.97. The van der Waals surface area contributed by atoms with Crippen molar-refractivity contribution in [3.8, 4) is 5.75 Å². The summed E-state index contributed by atoms with van der Waals surface area (Å²) in [5.74, 6) is 1.93. The Bertz CT molecular complexity index is 648. The van der Waals surface area contributed by atoms with E-state index in [1.165, 1.54) is 6.42 Å². The Morgan fingerprint density at radius 1 is 1.12 bits per heavy atom. The number of likely N-dealkylation sites (tertiary alicyclic amines) is 1. The van der Waals surface area contributed by atoms with E-state index in [2.05, 4.69) is 13.8 Å². The summed E-state index contributed by atoms with van der Waals surface area (Å²) in [4.78, 5) is 28.9. The number of hydrogen-bond acceptors (Lipinski definition) is 3. The maximum absolute atomic E-state index is 12.7. The fourth-order valence-electron chi connectivity index (χ4n) is 3.96. The van der Waals surface area contributed by atoms with Crippen LogP contribution < -0.4 is 9.64 Å². The highest BCUT2D eigenvalue weighted by atomic mass is 16.5. The lowest BCUT2D eigenvalue weighted by Crippen LogP contribution is -2.43. The number of fused-ring (bicyclic) bond motifs is 1. The number of carbonyl (C=O) groups excluding carboxylic acids is 2. The van der Waals surface area contributed by atoms with Gasteiger partial charge in [-0.25, -0.2) is 0 Å². The molecule has 2 amide bonds. The van der Waals surface area contributed by atoms with E-state index in [9.17, 15) is 9.59 Å². The quantitative estimate of drug-likeness (QED) is 0.847.